The molecule has 1 fully saturated rings. The smallest absolute Gasteiger partial charge is 0.387 e. The van der Waals surface area contributed by atoms with Crippen molar-refractivity contribution in [3.8, 4) is 5.75 Å². The minimum absolute atomic E-state index is 0.0526. The van der Waals surface area contributed by atoms with Gasteiger partial charge in [-0.25, -0.2) is 8.42 Å². The third-order valence-corrected chi connectivity index (χ3v) is 6.35. The summed E-state index contributed by atoms with van der Waals surface area (Å²) in [5.41, 5.74) is 0.389. The van der Waals surface area contributed by atoms with Gasteiger partial charge < -0.3 is 14.6 Å². The second-order valence-electron chi connectivity index (χ2n) is 6.50. The van der Waals surface area contributed by atoms with Crippen molar-refractivity contribution in [2.75, 3.05) is 18.4 Å². The molecule has 1 aliphatic rings. The van der Waals surface area contributed by atoms with Crippen LogP contribution in [-0.4, -0.2) is 42.9 Å². The number of benzene rings is 1. The molecule has 0 spiro atoms. The Morgan fingerprint density at radius 1 is 1.18 bits per heavy atom. The molecule has 0 aliphatic carbocycles. The van der Waals surface area contributed by atoms with E-state index in [-0.39, 0.29) is 22.0 Å². The zero-order chi connectivity index (χ0) is 20.3. The van der Waals surface area contributed by atoms with Gasteiger partial charge in [-0.05, 0) is 31.0 Å². The van der Waals surface area contributed by atoms with Gasteiger partial charge in [-0.15, -0.1) is 0 Å². The van der Waals surface area contributed by atoms with E-state index in [1.807, 2.05) is 0 Å². The first-order valence-electron chi connectivity index (χ1n) is 8.80. The van der Waals surface area contributed by atoms with E-state index < -0.39 is 22.5 Å². The van der Waals surface area contributed by atoms with Gasteiger partial charge in [0.2, 0.25) is 10.0 Å². The molecule has 2 heterocycles. The van der Waals surface area contributed by atoms with Gasteiger partial charge in [-0.2, -0.15) is 13.1 Å². The van der Waals surface area contributed by atoms with E-state index in [4.69, 9.17) is 0 Å². The molecule has 0 atom stereocenters. The van der Waals surface area contributed by atoms with Crippen LogP contribution in [-0.2, 0) is 17.1 Å². The van der Waals surface area contributed by atoms with Gasteiger partial charge in [-0.1, -0.05) is 12.5 Å². The zero-order valence-corrected chi connectivity index (χ0v) is 16.1. The molecule has 0 unspecified atom stereocenters. The largest absolute Gasteiger partial charge is 0.435 e. The number of amides is 1. The van der Waals surface area contributed by atoms with Crippen LogP contribution in [0.5, 0.6) is 5.75 Å². The molecule has 1 amide bonds. The number of nitrogens with one attached hydrogen (secondary N) is 1. The maximum Gasteiger partial charge on any atom is 0.387 e. The summed E-state index contributed by atoms with van der Waals surface area (Å²) in [6.07, 6.45) is 4.03. The molecule has 0 saturated carbocycles. The Balaban J connectivity index is 1.78. The van der Waals surface area contributed by atoms with Crippen LogP contribution >= 0.6 is 0 Å². The number of piperidine rings is 1. The van der Waals surface area contributed by atoms with Crippen molar-refractivity contribution in [1.29, 1.82) is 0 Å². The molecule has 1 saturated heterocycles. The van der Waals surface area contributed by atoms with E-state index >= 15 is 0 Å². The van der Waals surface area contributed by atoms with Crippen LogP contribution < -0.4 is 10.1 Å². The number of aryl methyl sites for hydroxylation is 1. The van der Waals surface area contributed by atoms with Gasteiger partial charge in [0.1, 0.15) is 16.3 Å². The van der Waals surface area contributed by atoms with E-state index in [1.165, 1.54) is 45.4 Å². The number of alkyl halides is 2. The molecule has 7 nitrogen and oxygen atoms in total. The summed E-state index contributed by atoms with van der Waals surface area (Å²) >= 11 is 0. The summed E-state index contributed by atoms with van der Waals surface area (Å²) in [5, 5.41) is 2.56. The SMILES string of the molecule is Cn1cc(S(=O)(=O)N2CCCCC2)cc1C(=O)Nc1cccc(OC(F)F)c1. The normalized spacial score (nSPS) is 15.6. The molecule has 1 aromatic carbocycles. The number of anilines is 1. The van der Waals surface area contributed by atoms with Crippen LogP contribution in [0.15, 0.2) is 41.4 Å². The Hall–Kier alpha value is -2.46. The monoisotopic (exact) mass is 413 g/mol. The van der Waals surface area contributed by atoms with Crippen LogP contribution in [0.2, 0.25) is 0 Å². The van der Waals surface area contributed by atoms with Crippen molar-refractivity contribution in [3.05, 3.63) is 42.2 Å². The first-order chi connectivity index (χ1) is 13.3. The second-order valence-corrected chi connectivity index (χ2v) is 8.44. The van der Waals surface area contributed by atoms with Crippen molar-refractivity contribution in [2.45, 2.75) is 30.8 Å². The molecule has 28 heavy (non-hydrogen) atoms. The molecular formula is C18H21F2N3O4S. The Labute approximate surface area is 161 Å². The van der Waals surface area contributed by atoms with Crippen LogP contribution in [0.1, 0.15) is 29.8 Å². The molecule has 2 aromatic rings. The van der Waals surface area contributed by atoms with Gasteiger partial charge in [0, 0.05) is 38.1 Å². The fraction of sp³-hybridized carbons (Fsp3) is 0.389. The lowest BCUT2D eigenvalue weighted by molar-refractivity contribution is -0.0498. The quantitative estimate of drug-likeness (QED) is 0.789. The van der Waals surface area contributed by atoms with Gasteiger partial charge in [0.15, 0.2) is 0 Å². The lowest BCUT2D eigenvalue weighted by atomic mass is 10.2. The summed E-state index contributed by atoms with van der Waals surface area (Å²) < 4.78 is 57.4. The highest BCUT2D eigenvalue weighted by atomic mass is 32.2. The van der Waals surface area contributed by atoms with E-state index in [2.05, 4.69) is 10.1 Å². The lowest BCUT2D eigenvalue weighted by Crippen LogP contribution is -2.35. The number of halogens is 2. The van der Waals surface area contributed by atoms with Crippen molar-refractivity contribution in [2.24, 2.45) is 7.05 Å². The maximum absolute atomic E-state index is 12.8. The number of nitrogens with zero attached hydrogens (tertiary/aromatic N) is 2. The molecule has 3 rings (SSSR count). The van der Waals surface area contributed by atoms with Crippen molar-refractivity contribution in [3.63, 3.8) is 0 Å². The number of ether oxygens (including phenoxy) is 1. The summed E-state index contributed by atoms with van der Waals surface area (Å²) in [7, 11) is -2.09. The van der Waals surface area contributed by atoms with Crippen LogP contribution in [0.3, 0.4) is 0 Å². The average Bonchev–Trinajstić information content (AvgIpc) is 3.05. The molecule has 0 bridgehead atoms. The van der Waals surface area contributed by atoms with Crippen molar-refractivity contribution >= 4 is 21.6 Å². The summed E-state index contributed by atoms with van der Waals surface area (Å²) in [5.74, 6) is -0.648. The van der Waals surface area contributed by atoms with E-state index in [0.717, 1.165) is 19.3 Å². The molecule has 1 aliphatic heterocycles. The van der Waals surface area contributed by atoms with Gasteiger partial charge >= 0.3 is 6.61 Å². The Bertz CT molecular complexity index is 953. The minimum atomic E-state index is -3.66. The molecule has 1 aromatic heterocycles. The molecule has 0 radical (unpaired) electrons. The van der Waals surface area contributed by atoms with Gasteiger partial charge in [-0.3, -0.25) is 4.79 Å². The average molecular weight is 413 g/mol. The predicted molar refractivity (Wildman–Crippen MR) is 99.1 cm³/mol. The molecule has 1 N–H and O–H groups in total. The maximum atomic E-state index is 12.8. The lowest BCUT2D eigenvalue weighted by Gasteiger charge is -2.25. The first-order valence-corrected chi connectivity index (χ1v) is 10.2. The number of rotatable bonds is 6. The summed E-state index contributed by atoms with van der Waals surface area (Å²) in [6, 6.07) is 6.90. The molecule has 152 valence electrons. The van der Waals surface area contributed by atoms with Crippen LogP contribution in [0.25, 0.3) is 0 Å². The van der Waals surface area contributed by atoms with E-state index in [9.17, 15) is 22.0 Å². The number of carbonyl (C=O) groups is 1. The molecular weight excluding hydrogens is 392 g/mol. The zero-order valence-electron chi connectivity index (χ0n) is 15.3. The fourth-order valence-corrected chi connectivity index (χ4v) is 4.69. The first kappa shape index (κ1) is 20.3. The Kier molecular flexibility index (Phi) is 5.99. The highest BCUT2D eigenvalue weighted by molar-refractivity contribution is 7.89. The van der Waals surface area contributed by atoms with Gasteiger partial charge in [0.05, 0.1) is 0 Å². The fourth-order valence-electron chi connectivity index (χ4n) is 3.10. The third kappa shape index (κ3) is 4.50. The number of aromatic nitrogens is 1. The van der Waals surface area contributed by atoms with Gasteiger partial charge in [0.25, 0.3) is 5.91 Å². The topological polar surface area (TPSA) is 80.6 Å². The minimum Gasteiger partial charge on any atom is -0.435 e. The van der Waals surface area contributed by atoms with Crippen LogP contribution in [0, 0.1) is 0 Å². The highest BCUT2D eigenvalue weighted by Crippen LogP contribution is 2.24. The van der Waals surface area contributed by atoms with Crippen molar-refractivity contribution < 1.29 is 26.7 Å². The Morgan fingerprint density at radius 3 is 2.57 bits per heavy atom. The third-order valence-electron chi connectivity index (χ3n) is 4.48. The summed E-state index contributed by atoms with van der Waals surface area (Å²) in [4.78, 5) is 12.6. The number of hydrogen-bond acceptors (Lipinski definition) is 4. The van der Waals surface area contributed by atoms with E-state index in [1.54, 1.807) is 7.05 Å². The van der Waals surface area contributed by atoms with Crippen molar-refractivity contribution in [1.82, 2.24) is 8.87 Å². The van der Waals surface area contributed by atoms with E-state index in [0.29, 0.717) is 13.1 Å². The standard InChI is InChI=1S/C18H21F2N3O4S/c1-22-12-15(28(25,26)23-8-3-2-4-9-23)11-16(22)17(24)21-13-6-5-7-14(10-13)27-18(19)20/h5-7,10-12,18H,2-4,8-9H2,1H3,(H,21,24). The number of carbonyl (C=O) groups excluding carboxylic acids is 1. The number of hydrogen-bond donors (Lipinski definition) is 1. The second kappa shape index (κ2) is 8.27. The van der Waals surface area contributed by atoms with Crippen LogP contribution in [0.4, 0.5) is 14.5 Å². The highest BCUT2D eigenvalue weighted by Gasteiger charge is 2.28. The molecule has 10 heteroatoms. The summed E-state index contributed by atoms with van der Waals surface area (Å²) in [6.45, 7) is -2.04. The Morgan fingerprint density at radius 2 is 1.89 bits per heavy atom. The number of sulfonamides is 1. The predicted octanol–water partition coefficient (Wildman–Crippen LogP) is 3.05.